The number of nitrogens with one attached hydrogen (secondary N) is 2. The summed E-state index contributed by atoms with van der Waals surface area (Å²) in [5.41, 5.74) is 0. The number of hydrogen-bond acceptors (Lipinski definition) is 4. The lowest BCUT2D eigenvalue weighted by Crippen LogP contribution is -2.40. The van der Waals surface area contributed by atoms with Crippen LogP contribution >= 0.6 is 0 Å². The highest BCUT2D eigenvalue weighted by Crippen LogP contribution is 2.09. The fraction of sp³-hybridized carbons (Fsp3) is 0.833. The van der Waals surface area contributed by atoms with Crippen molar-refractivity contribution in [2.24, 2.45) is 5.92 Å². The van der Waals surface area contributed by atoms with E-state index in [0.717, 1.165) is 25.9 Å². The molecule has 1 heterocycles. The van der Waals surface area contributed by atoms with Gasteiger partial charge in [0.1, 0.15) is 0 Å². The average molecular weight is 242 g/mol. The van der Waals surface area contributed by atoms with Crippen molar-refractivity contribution < 1.29 is 14.3 Å². The van der Waals surface area contributed by atoms with Crippen LogP contribution < -0.4 is 10.6 Å². The highest BCUT2D eigenvalue weighted by atomic mass is 16.5. The van der Waals surface area contributed by atoms with E-state index in [1.165, 1.54) is 0 Å². The third kappa shape index (κ3) is 5.68. The van der Waals surface area contributed by atoms with Gasteiger partial charge in [-0.15, -0.1) is 0 Å². The Bertz CT molecular complexity index is 250. The number of rotatable bonds is 6. The van der Waals surface area contributed by atoms with Gasteiger partial charge in [0.25, 0.3) is 0 Å². The van der Waals surface area contributed by atoms with E-state index in [4.69, 9.17) is 4.74 Å². The Morgan fingerprint density at radius 3 is 2.94 bits per heavy atom. The zero-order chi connectivity index (χ0) is 12.5. The summed E-state index contributed by atoms with van der Waals surface area (Å²) in [4.78, 5) is 22.7. The minimum atomic E-state index is -0.193. The minimum Gasteiger partial charge on any atom is -0.466 e. The first-order valence-corrected chi connectivity index (χ1v) is 6.38. The van der Waals surface area contributed by atoms with Gasteiger partial charge in [0.15, 0.2) is 0 Å². The molecule has 0 aromatic carbocycles. The van der Waals surface area contributed by atoms with E-state index in [1.54, 1.807) is 6.92 Å². The third-order valence-corrected chi connectivity index (χ3v) is 2.83. The molecule has 5 nitrogen and oxygen atoms in total. The Morgan fingerprint density at radius 2 is 2.29 bits per heavy atom. The van der Waals surface area contributed by atoms with Crippen molar-refractivity contribution in [2.45, 2.75) is 32.6 Å². The van der Waals surface area contributed by atoms with Crippen molar-refractivity contribution in [1.29, 1.82) is 0 Å². The summed E-state index contributed by atoms with van der Waals surface area (Å²) in [5, 5.41) is 6.07. The van der Waals surface area contributed by atoms with Gasteiger partial charge < -0.3 is 15.4 Å². The van der Waals surface area contributed by atoms with E-state index in [1.807, 2.05) is 0 Å². The molecule has 1 atom stereocenters. The molecule has 0 radical (unpaired) electrons. The Hall–Kier alpha value is -1.10. The Balaban J connectivity index is 2.05. The van der Waals surface area contributed by atoms with Gasteiger partial charge in [0, 0.05) is 19.5 Å². The number of carbonyl (C=O) groups excluding carboxylic acids is 2. The van der Waals surface area contributed by atoms with E-state index in [9.17, 15) is 9.59 Å². The van der Waals surface area contributed by atoms with Crippen LogP contribution in [0.15, 0.2) is 0 Å². The molecule has 0 saturated carbocycles. The summed E-state index contributed by atoms with van der Waals surface area (Å²) in [5.74, 6) is -0.00603. The van der Waals surface area contributed by atoms with Crippen LogP contribution in [0.1, 0.15) is 32.6 Å². The van der Waals surface area contributed by atoms with Gasteiger partial charge in [0.2, 0.25) is 5.91 Å². The molecule has 98 valence electrons. The van der Waals surface area contributed by atoms with Gasteiger partial charge in [-0.2, -0.15) is 0 Å². The molecular weight excluding hydrogens is 220 g/mol. The van der Waals surface area contributed by atoms with Crippen LogP contribution in [0, 0.1) is 5.92 Å². The standard InChI is InChI=1S/C12H22N2O3/c1-2-17-11(15)6-4-8-14-12(16)10-5-3-7-13-9-10/h10,13H,2-9H2,1H3,(H,14,16)/t10-/m1/s1. The van der Waals surface area contributed by atoms with Crippen LogP contribution in [0.25, 0.3) is 0 Å². The zero-order valence-electron chi connectivity index (χ0n) is 10.5. The molecule has 1 aliphatic heterocycles. The normalized spacial score (nSPS) is 19.7. The van der Waals surface area contributed by atoms with Gasteiger partial charge in [-0.05, 0) is 32.7 Å². The van der Waals surface area contributed by atoms with E-state index in [2.05, 4.69) is 10.6 Å². The van der Waals surface area contributed by atoms with Crippen molar-refractivity contribution >= 4 is 11.9 Å². The fourth-order valence-corrected chi connectivity index (χ4v) is 1.90. The number of carbonyl (C=O) groups is 2. The number of hydrogen-bond donors (Lipinski definition) is 2. The van der Waals surface area contributed by atoms with Crippen LogP contribution in [0.4, 0.5) is 0 Å². The van der Waals surface area contributed by atoms with E-state index < -0.39 is 0 Å². The molecule has 0 aromatic rings. The lowest BCUT2D eigenvalue weighted by molar-refractivity contribution is -0.143. The predicted molar refractivity (Wildman–Crippen MR) is 64.5 cm³/mol. The van der Waals surface area contributed by atoms with Crippen LogP contribution in [-0.2, 0) is 14.3 Å². The quantitative estimate of drug-likeness (QED) is 0.524. The van der Waals surface area contributed by atoms with E-state index >= 15 is 0 Å². The number of ether oxygens (including phenoxy) is 1. The highest BCUT2D eigenvalue weighted by Gasteiger charge is 2.20. The molecule has 1 rings (SSSR count). The smallest absolute Gasteiger partial charge is 0.305 e. The maximum Gasteiger partial charge on any atom is 0.305 e. The van der Waals surface area contributed by atoms with Gasteiger partial charge in [-0.3, -0.25) is 9.59 Å². The van der Waals surface area contributed by atoms with Crippen LogP contribution in [-0.4, -0.2) is 38.1 Å². The molecule has 1 fully saturated rings. The first-order chi connectivity index (χ1) is 8.24. The molecule has 1 saturated heterocycles. The van der Waals surface area contributed by atoms with E-state index in [-0.39, 0.29) is 17.8 Å². The summed E-state index contributed by atoms with van der Waals surface area (Å²) < 4.78 is 4.80. The van der Waals surface area contributed by atoms with Crippen molar-refractivity contribution in [1.82, 2.24) is 10.6 Å². The number of esters is 1. The second-order valence-corrected chi connectivity index (χ2v) is 4.24. The SMILES string of the molecule is CCOC(=O)CCCNC(=O)[C@@H]1CCCNC1. The zero-order valence-corrected chi connectivity index (χ0v) is 10.5. The Kier molecular flexibility index (Phi) is 6.62. The van der Waals surface area contributed by atoms with Gasteiger partial charge >= 0.3 is 5.97 Å². The third-order valence-electron chi connectivity index (χ3n) is 2.83. The summed E-state index contributed by atoms with van der Waals surface area (Å²) in [6.45, 7) is 4.53. The molecule has 0 unspecified atom stereocenters. The van der Waals surface area contributed by atoms with E-state index in [0.29, 0.717) is 26.0 Å². The van der Waals surface area contributed by atoms with Crippen LogP contribution in [0.2, 0.25) is 0 Å². The van der Waals surface area contributed by atoms with Crippen molar-refractivity contribution in [3.63, 3.8) is 0 Å². The lowest BCUT2D eigenvalue weighted by Gasteiger charge is -2.21. The fourth-order valence-electron chi connectivity index (χ4n) is 1.90. The maximum absolute atomic E-state index is 11.7. The van der Waals surface area contributed by atoms with Crippen molar-refractivity contribution in [2.75, 3.05) is 26.2 Å². The largest absolute Gasteiger partial charge is 0.466 e. The summed E-state index contributed by atoms with van der Waals surface area (Å²) >= 11 is 0. The molecule has 2 N–H and O–H groups in total. The molecule has 0 spiro atoms. The van der Waals surface area contributed by atoms with Crippen LogP contribution in [0.3, 0.4) is 0 Å². The number of piperidine rings is 1. The molecule has 1 amide bonds. The summed E-state index contributed by atoms with van der Waals surface area (Å²) in [6, 6.07) is 0. The summed E-state index contributed by atoms with van der Waals surface area (Å²) in [6.07, 6.45) is 3.03. The predicted octanol–water partition coefficient (Wildman–Crippen LogP) is 0.445. The Labute approximate surface area is 102 Å². The topological polar surface area (TPSA) is 67.4 Å². The highest BCUT2D eigenvalue weighted by molar-refractivity contribution is 5.79. The first-order valence-electron chi connectivity index (χ1n) is 6.38. The second kappa shape index (κ2) is 8.06. The van der Waals surface area contributed by atoms with Gasteiger partial charge in [0.05, 0.1) is 12.5 Å². The molecular formula is C12H22N2O3. The number of amides is 1. The Morgan fingerprint density at radius 1 is 1.47 bits per heavy atom. The molecule has 5 heteroatoms. The molecule has 0 aromatic heterocycles. The van der Waals surface area contributed by atoms with Gasteiger partial charge in [-0.1, -0.05) is 0 Å². The first kappa shape index (κ1) is 14.0. The summed E-state index contributed by atoms with van der Waals surface area (Å²) in [7, 11) is 0. The molecule has 0 bridgehead atoms. The van der Waals surface area contributed by atoms with Gasteiger partial charge in [-0.25, -0.2) is 0 Å². The molecule has 0 aliphatic carbocycles. The van der Waals surface area contributed by atoms with Crippen molar-refractivity contribution in [3.05, 3.63) is 0 Å². The average Bonchev–Trinajstić information content (AvgIpc) is 2.36. The maximum atomic E-state index is 11.7. The monoisotopic (exact) mass is 242 g/mol. The molecule has 1 aliphatic rings. The van der Waals surface area contributed by atoms with Crippen molar-refractivity contribution in [3.8, 4) is 0 Å². The molecule has 17 heavy (non-hydrogen) atoms. The lowest BCUT2D eigenvalue weighted by atomic mass is 9.99. The van der Waals surface area contributed by atoms with Crippen LogP contribution in [0.5, 0.6) is 0 Å². The minimum absolute atomic E-state index is 0.0892. The second-order valence-electron chi connectivity index (χ2n) is 4.24.